The molecule has 12 heteroatoms. The first-order valence-electron chi connectivity index (χ1n) is 12.2. The van der Waals surface area contributed by atoms with E-state index in [9.17, 15) is 14.4 Å². The van der Waals surface area contributed by atoms with Crippen LogP contribution in [-0.2, 0) is 30.6 Å². The van der Waals surface area contributed by atoms with Crippen molar-refractivity contribution in [1.82, 2.24) is 14.9 Å². The van der Waals surface area contributed by atoms with Gasteiger partial charge in [-0.1, -0.05) is 39.0 Å². The molecule has 1 aromatic heterocycles. The predicted octanol–water partition coefficient (Wildman–Crippen LogP) is 3.39. The summed E-state index contributed by atoms with van der Waals surface area (Å²) in [6.45, 7) is 8.44. The standard InChI is InChI=1S/C25H36N3O7PS/c1-16(2)33-22(30)18(4)26-15-36(37,35-19-10-8-7-9-11-19)32-14-20-17(3)25(5,6)23(34-20)28-13-12-21(29)27-24(28)31/h7-13,16-18,20,23,26H,14-15H2,1-6H3,(H,27,29,31). The molecule has 204 valence electrons. The van der Waals surface area contributed by atoms with Gasteiger partial charge in [0.15, 0.2) is 0 Å². The van der Waals surface area contributed by atoms with Crippen LogP contribution in [0.3, 0.4) is 0 Å². The Hall–Kier alpha value is -2.30. The zero-order valence-corrected chi connectivity index (χ0v) is 23.7. The summed E-state index contributed by atoms with van der Waals surface area (Å²) in [5.41, 5.74) is -1.46. The van der Waals surface area contributed by atoms with Crippen molar-refractivity contribution in [3.63, 3.8) is 0 Å². The molecule has 3 rings (SSSR count). The van der Waals surface area contributed by atoms with Crippen LogP contribution in [0.1, 0.15) is 47.8 Å². The van der Waals surface area contributed by atoms with Crippen molar-refractivity contribution >= 4 is 24.3 Å². The van der Waals surface area contributed by atoms with Gasteiger partial charge in [0.05, 0.1) is 25.1 Å². The van der Waals surface area contributed by atoms with Gasteiger partial charge in [-0.3, -0.25) is 24.5 Å². The molecular formula is C25H36N3O7PS. The molecular weight excluding hydrogens is 517 g/mol. The van der Waals surface area contributed by atoms with Crippen molar-refractivity contribution in [2.75, 3.05) is 12.9 Å². The van der Waals surface area contributed by atoms with Crippen molar-refractivity contribution in [3.05, 3.63) is 63.4 Å². The molecule has 5 unspecified atom stereocenters. The van der Waals surface area contributed by atoms with Gasteiger partial charge in [0.2, 0.25) is 0 Å². The third kappa shape index (κ3) is 7.39. The lowest BCUT2D eigenvalue weighted by Crippen LogP contribution is -2.38. The highest BCUT2D eigenvalue weighted by Gasteiger charge is 2.49. The fourth-order valence-corrected chi connectivity index (χ4v) is 6.17. The van der Waals surface area contributed by atoms with E-state index in [1.807, 2.05) is 39.0 Å². The topological polar surface area (TPSA) is 121 Å². The van der Waals surface area contributed by atoms with Crippen LogP contribution in [-0.4, -0.2) is 46.7 Å². The van der Waals surface area contributed by atoms with Crippen molar-refractivity contribution in [2.45, 2.75) is 66.0 Å². The Bertz CT molecular complexity index is 1230. The van der Waals surface area contributed by atoms with Crippen molar-refractivity contribution in [3.8, 4) is 5.75 Å². The number of rotatable bonds is 11. The molecule has 1 aliphatic heterocycles. The molecule has 0 amide bonds. The zero-order chi connectivity index (χ0) is 27.4. The first-order valence-corrected chi connectivity index (χ1v) is 15.0. The second-order valence-electron chi connectivity index (χ2n) is 10.0. The van der Waals surface area contributed by atoms with Crippen LogP contribution in [0.25, 0.3) is 0 Å². The maximum atomic E-state index is 12.4. The number of carbonyl (C=O) groups is 1. The molecule has 1 aromatic carbocycles. The third-order valence-electron chi connectivity index (χ3n) is 6.49. The molecule has 2 N–H and O–H groups in total. The Morgan fingerprint density at radius 2 is 1.89 bits per heavy atom. The predicted molar refractivity (Wildman–Crippen MR) is 144 cm³/mol. The highest BCUT2D eigenvalue weighted by atomic mass is 32.5. The number of ether oxygens (including phenoxy) is 2. The fraction of sp³-hybridized carbons (Fsp3) is 0.560. The maximum absolute atomic E-state index is 12.4. The maximum Gasteiger partial charge on any atom is 0.330 e. The number of nitrogens with zero attached hydrogens (tertiary/aromatic N) is 1. The van der Waals surface area contributed by atoms with Crippen LogP contribution in [0.4, 0.5) is 0 Å². The van der Waals surface area contributed by atoms with Crippen LogP contribution < -0.4 is 21.1 Å². The molecule has 1 saturated heterocycles. The quantitative estimate of drug-likeness (QED) is 0.319. The molecule has 1 fully saturated rings. The lowest BCUT2D eigenvalue weighted by Gasteiger charge is -2.30. The molecule has 10 nitrogen and oxygen atoms in total. The fourth-order valence-electron chi connectivity index (χ4n) is 3.98. The van der Waals surface area contributed by atoms with E-state index in [0.29, 0.717) is 5.75 Å². The summed E-state index contributed by atoms with van der Waals surface area (Å²) in [7, 11) is 0. The van der Waals surface area contributed by atoms with Crippen LogP contribution in [0, 0.1) is 11.3 Å². The third-order valence-corrected chi connectivity index (χ3v) is 9.02. The van der Waals surface area contributed by atoms with Crippen LogP contribution >= 0.6 is 6.49 Å². The summed E-state index contributed by atoms with van der Waals surface area (Å²) < 4.78 is 25.3. The van der Waals surface area contributed by atoms with E-state index in [1.54, 1.807) is 32.9 Å². The summed E-state index contributed by atoms with van der Waals surface area (Å²) in [5.74, 6) is 0.146. The zero-order valence-electron chi connectivity index (χ0n) is 22.0. The van der Waals surface area contributed by atoms with Crippen molar-refractivity contribution in [1.29, 1.82) is 0 Å². The lowest BCUT2D eigenvalue weighted by molar-refractivity contribution is -0.149. The summed E-state index contributed by atoms with van der Waals surface area (Å²) in [6, 6.07) is 9.80. The van der Waals surface area contributed by atoms with E-state index >= 15 is 0 Å². The minimum atomic E-state index is -2.98. The smallest absolute Gasteiger partial charge is 0.330 e. The summed E-state index contributed by atoms with van der Waals surface area (Å²) in [4.78, 5) is 38.5. The molecule has 2 aromatic rings. The van der Waals surface area contributed by atoms with Crippen molar-refractivity contribution < 1.29 is 23.3 Å². The summed E-state index contributed by atoms with van der Waals surface area (Å²) in [6.07, 6.45) is 0.317. The van der Waals surface area contributed by atoms with Gasteiger partial charge in [0, 0.05) is 17.7 Å². The second-order valence-corrected chi connectivity index (χ2v) is 13.7. The lowest BCUT2D eigenvalue weighted by atomic mass is 9.78. The van der Waals surface area contributed by atoms with E-state index in [1.165, 1.54) is 16.8 Å². The van der Waals surface area contributed by atoms with E-state index in [-0.39, 0.29) is 30.9 Å². The van der Waals surface area contributed by atoms with Gasteiger partial charge in [-0.25, -0.2) is 4.79 Å². The average Bonchev–Trinajstić information content (AvgIpc) is 3.05. The molecule has 0 spiro atoms. The van der Waals surface area contributed by atoms with E-state index in [0.717, 1.165) is 0 Å². The van der Waals surface area contributed by atoms with Crippen molar-refractivity contribution in [2.24, 2.45) is 11.3 Å². The molecule has 0 bridgehead atoms. The molecule has 2 heterocycles. The van der Waals surface area contributed by atoms with Crippen LogP contribution in [0.15, 0.2) is 52.2 Å². The van der Waals surface area contributed by atoms with Gasteiger partial charge in [-0.2, -0.15) is 0 Å². The number of benzene rings is 1. The molecule has 0 saturated carbocycles. The number of H-pyrrole nitrogens is 1. The Morgan fingerprint density at radius 1 is 1.22 bits per heavy atom. The number of nitrogens with one attached hydrogen (secondary N) is 2. The van der Waals surface area contributed by atoms with Gasteiger partial charge >= 0.3 is 11.7 Å². The van der Waals surface area contributed by atoms with E-state index < -0.39 is 41.5 Å². The number of carbonyl (C=O) groups excluding carboxylic acids is 1. The highest BCUT2D eigenvalue weighted by molar-refractivity contribution is 8.10. The SMILES string of the molecule is CC(C)OC(=O)C(C)NCP(=S)(OCC1OC(n2ccc(=O)[nH]c2=O)C(C)(C)C1C)Oc1ccccc1. The number of hydrogen-bond acceptors (Lipinski definition) is 9. The van der Waals surface area contributed by atoms with Crippen LogP contribution in [0.5, 0.6) is 5.75 Å². The second kappa shape index (κ2) is 12.0. The molecule has 0 radical (unpaired) electrons. The number of aromatic nitrogens is 2. The highest BCUT2D eigenvalue weighted by Crippen LogP contribution is 2.52. The average molecular weight is 554 g/mol. The summed E-state index contributed by atoms with van der Waals surface area (Å²) in [5, 5.41) is 3.10. The monoisotopic (exact) mass is 553 g/mol. The number of hydrogen-bond donors (Lipinski definition) is 2. The van der Waals surface area contributed by atoms with E-state index in [4.69, 9.17) is 30.3 Å². The Labute approximate surface area is 221 Å². The molecule has 1 aliphatic rings. The van der Waals surface area contributed by atoms with E-state index in [2.05, 4.69) is 10.3 Å². The molecule has 37 heavy (non-hydrogen) atoms. The first kappa shape index (κ1) is 29.3. The summed E-state index contributed by atoms with van der Waals surface area (Å²) >= 11 is 5.87. The van der Waals surface area contributed by atoms with Gasteiger partial charge in [0.25, 0.3) is 12.1 Å². The van der Waals surface area contributed by atoms with Gasteiger partial charge in [-0.05, 0) is 50.6 Å². The minimum Gasteiger partial charge on any atom is -0.462 e. The Balaban J connectivity index is 1.76. The molecule has 5 atom stereocenters. The largest absolute Gasteiger partial charge is 0.462 e. The van der Waals surface area contributed by atoms with Gasteiger partial charge < -0.3 is 18.5 Å². The number of para-hydroxylation sites is 1. The number of aromatic amines is 1. The normalized spacial score (nSPS) is 23.4. The first-order chi connectivity index (χ1) is 17.3. The Kier molecular flexibility index (Phi) is 9.52. The molecule has 0 aliphatic carbocycles. The number of esters is 1. The van der Waals surface area contributed by atoms with Gasteiger partial charge in [-0.15, -0.1) is 0 Å². The Morgan fingerprint density at radius 3 is 2.51 bits per heavy atom. The van der Waals surface area contributed by atoms with Crippen LogP contribution in [0.2, 0.25) is 0 Å². The minimum absolute atomic E-state index is 0.0237. The van der Waals surface area contributed by atoms with Gasteiger partial charge in [0.1, 0.15) is 18.0 Å².